The maximum absolute atomic E-state index is 12.6. The molecule has 2 N–H and O–H groups in total. The number of alkyl halides is 2. The van der Waals surface area contributed by atoms with Gasteiger partial charge < -0.3 is 10.4 Å². The van der Waals surface area contributed by atoms with Crippen LogP contribution in [-0.4, -0.2) is 34.4 Å². The summed E-state index contributed by atoms with van der Waals surface area (Å²) in [5.74, 6) is -3.22. The second-order valence-corrected chi connectivity index (χ2v) is 3.48. The lowest BCUT2D eigenvalue weighted by atomic mass is 10.3. The lowest BCUT2D eigenvalue weighted by Gasteiger charge is -2.15. The van der Waals surface area contributed by atoms with Crippen LogP contribution in [0.1, 0.15) is 0 Å². The number of hydrogen-bond acceptors (Lipinski definition) is 4. The molecule has 1 aromatic heterocycles. The number of aromatic nitrogens is 2. The summed E-state index contributed by atoms with van der Waals surface area (Å²) in [6.07, 6.45) is 0. The molecule has 0 saturated carbocycles. The van der Waals surface area contributed by atoms with Crippen LogP contribution in [0, 0.1) is 0 Å². The van der Waals surface area contributed by atoms with Crippen molar-refractivity contribution in [2.24, 2.45) is 0 Å². The monoisotopic (exact) mass is 257 g/mol. The van der Waals surface area contributed by atoms with Gasteiger partial charge in [-0.05, 0) is 0 Å². The van der Waals surface area contributed by atoms with Crippen LogP contribution in [0.25, 0.3) is 0 Å². The van der Waals surface area contributed by atoms with E-state index >= 15 is 0 Å². The van der Waals surface area contributed by atoms with Crippen LogP contribution in [0.4, 0.5) is 14.5 Å². The predicted octanol–water partition coefficient (Wildman–Crippen LogP) is 1.82. The number of anilines is 1. The molecule has 15 heavy (non-hydrogen) atoms. The predicted molar refractivity (Wildman–Crippen MR) is 52.6 cm³/mol. The third kappa shape index (κ3) is 3.73. The largest absolute Gasteiger partial charge is 0.390 e. The fraction of sp³-hybridized carbons (Fsp3) is 0.429. The van der Waals surface area contributed by atoms with Crippen LogP contribution in [-0.2, 0) is 0 Å². The molecule has 0 saturated heterocycles. The summed E-state index contributed by atoms with van der Waals surface area (Å²) in [6.45, 7) is -2.00. The van der Waals surface area contributed by atoms with Gasteiger partial charge in [-0.3, -0.25) is 0 Å². The molecule has 84 valence electrons. The van der Waals surface area contributed by atoms with E-state index in [0.717, 1.165) is 0 Å². The van der Waals surface area contributed by atoms with Gasteiger partial charge in [0.1, 0.15) is 6.61 Å². The van der Waals surface area contributed by atoms with Gasteiger partial charge in [-0.15, -0.1) is 10.2 Å². The number of hydrogen-bond donors (Lipinski definition) is 2. The molecule has 0 aromatic carbocycles. The van der Waals surface area contributed by atoms with Crippen molar-refractivity contribution in [3.8, 4) is 0 Å². The number of nitrogens with one attached hydrogen (secondary N) is 1. The third-order valence-electron chi connectivity index (χ3n) is 1.49. The summed E-state index contributed by atoms with van der Waals surface area (Å²) >= 11 is 11.1. The van der Waals surface area contributed by atoms with Crippen molar-refractivity contribution in [1.29, 1.82) is 0 Å². The normalized spacial score (nSPS) is 11.5. The molecule has 0 bridgehead atoms. The van der Waals surface area contributed by atoms with E-state index in [9.17, 15) is 8.78 Å². The summed E-state index contributed by atoms with van der Waals surface area (Å²) in [5.41, 5.74) is 0.143. The molecule has 1 heterocycles. The van der Waals surface area contributed by atoms with E-state index in [-0.39, 0.29) is 16.0 Å². The van der Waals surface area contributed by atoms with E-state index in [1.54, 1.807) is 0 Å². The maximum atomic E-state index is 12.6. The molecule has 4 nitrogen and oxygen atoms in total. The number of rotatable bonds is 4. The number of aliphatic hydroxyl groups excluding tert-OH is 1. The highest BCUT2D eigenvalue weighted by Gasteiger charge is 2.27. The van der Waals surface area contributed by atoms with Crippen LogP contribution < -0.4 is 5.32 Å². The van der Waals surface area contributed by atoms with E-state index in [1.165, 1.54) is 6.07 Å². The zero-order valence-electron chi connectivity index (χ0n) is 7.35. The smallest absolute Gasteiger partial charge is 0.287 e. The number of halogens is 4. The Morgan fingerprint density at radius 2 is 2.07 bits per heavy atom. The van der Waals surface area contributed by atoms with Crippen molar-refractivity contribution in [3.63, 3.8) is 0 Å². The summed E-state index contributed by atoms with van der Waals surface area (Å²) in [6, 6.07) is 1.27. The first-order chi connectivity index (χ1) is 6.94. The number of nitrogens with zero attached hydrogens (tertiary/aromatic N) is 2. The van der Waals surface area contributed by atoms with Gasteiger partial charge in [-0.2, -0.15) is 0 Å². The van der Waals surface area contributed by atoms with E-state index in [4.69, 9.17) is 28.3 Å². The molecule has 0 unspecified atom stereocenters. The van der Waals surface area contributed by atoms with Crippen molar-refractivity contribution >= 4 is 28.9 Å². The topological polar surface area (TPSA) is 58.0 Å². The summed E-state index contributed by atoms with van der Waals surface area (Å²) in [5, 5.41) is 17.4. The van der Waals surface area contributed by atoms with Crippen molar-refractivity contribution in [3.05, 3.63) is 16.4 Å². The Morgan fingerprint density at radius 3 is 2.67 bits per heavy atom. The van der Waals surface area contributed by atoms with Crippen molar-refractivity contribution in [2.75, 3.05) is 18.5 Å². The molecule has 0 aliphatic rings. The minimum atomic E-state index is -3.22. The molecular weight excluding hydrogens is 251 g/mol. The Hall–Kier alpha value is -0.720. The van der Waals surface area contributed by atoms with E-state index in [0.29, 0.717) is 0 Å². The van der Waals surface area contributed by atoms with E-state index in [2.05, 4.69) is 15.5 Å². The zero-order chi connectivity index (χ0) is 11.5. The molecule has 0 aliphatic carbocycles. The first-order valence-corrected chi connectivity index (χ1v) is 4.61. The minimum absolute atomic E-state index is 0.0363. The van der Waals surface area contributed by atoms with E-state index in [1.807, 2.05) is 0 Å². The van der Waals surface area contributed by atoms with Crippen LogP contribution in [0.5, 0.6) is 0 Å². The molecule has 0 atom stereocenters. The molecule has 0 amide bonds. The minimum Gasteiger partial charge on any atom is -0.390 e. The molecule has 0 fully saturated rings. The van der Waals surface area contributed by atoms with Gasteiger partial charge in [0, 0.05) is 6.07 Å². The lowest BCUT2D eigenvalue weighted by Crippen LogP contribution is -2.31. The van der Waals surface area contributed by atoms with Gasteiger partial charge in [0.05, 0.1) is 12.2 Å². The van der Waals surface area contributed by atoms with Gasteiger partial charge in [-0.25, -0.2) is 8.78 Å². The fourth-order valence-electron chi connectivity index (χ4n) is 0.757. The lowest BCUT2D eigenvalue weighted by molar-refractivity contribution is -0.0372. The molecule has 0 spiro atoms. The molecule has 1 rings (SSSR count). The summed E-state index contributed by atoms with van der Waals surface area (Å²) in [7, 11) is 0. The van der Waals surface area contributed by atoms with Crippen molar-refractivity contribution in [2.45, 2.75) is 5.92 Å². The molecule has 8 heteroatoms. The van der Waals surface area contributed by atoms with Crippen molar-refractivity contribution in [1.82, 2.24) is 10.2 Å². The molecule has 1 aromatic rings. The fourth-order valence-corrected chi connectivity index (χ4v) is 1.06. The van der Waals surface area contributed by atoms with Gasteiger partial charge in [0.15, 0.2) is 10.3 Å². The highest BCUT2D eigenvalue weighted by atomic mass is 35.5. The Kier molecular flexibility index (Phi) is 4.01. The van der Waals surface area contributed by atoms with Gasteiger partial charge in [0.25, 0.3) is 5.92 Å². The molecule has 0 aliphatic heterocycles. The summed E-state index contributed by atoms with van der Waals surface area (Å²) < 4.78 is 25.3. The van der Waals surface area contributed by atoms with E-state index < -0.39 is 19.1 Å². The highest BCUT2D eigenvalue weighted by Crippen LogP contribution is 2.22. The Balaban J connectivity index is 2.69. The third-order valence-corrected chi connectivity index (χ3v) is 1.95. The van der Waals surface area contributed by atoms with Gasteiger partial charge in [0.2, 0.25) is 0 Å². The van der Waals surface area contributed by atoms with Crippen LogP contribution in [0.3, 0.4) is 0 Å². The van der Waals surface area contributed by atoms with Gasteiger partial charge in [-0.1, -0.05) is 23.2 Å². The SMILES string of the molecule is OCC(F)(F)CNc1cc(Cl)nnc1Cl. The Labute approximate surface area is 94.2 Å². The Morgan fingerprint density at radius 1 is 1.40 bits per heavy atom. The average Bonchev–Trinajstić information content (AvgIpc) is 2.20. The maximum Gasteiger partial charge on any atom is 0.287 e. The van der Waals surface area contributed by atoms with Crippen LogP contribution in [0.15, 0.2) is 6.07 Å². The van der Waals surface area contributed by atoms with Crippen LogP contribution >= 0.6 is 23.2 Å². The second-order valence-electron chi connectivity index (χ2n) is 2.74. The van der Waals surface area contributed by atoms with Crippen LogP contribution in [0.2, 0.25) is 10.3 Å². The number of aliphatic hydroxyl groups is 1. The average molecular weight is 258 g/mol. The Bertz CT molecular complexity index is 351. The second kappa shape index (κ2) is 4.87. The quantitative estimate of drug-likeness (QED) is 0.864. The molecular formula is C7H7Cl2F2N3O. The standard InChI is InChI=1S/C7H7Cl2F2N3O/c8-5-1-4(6(9)14-13-5)12-2-7(10,11)3-15/h1,15H,2-3H2,(H,12,13). The zero-order valence-corrected chi connectivity index (χ0v) is 8.86. The molecule has 0 radical (unpaired) electrons. The first kappa shape index (κ1) is 12.4. The first-order valence-electron chi connectivity index (χ1n) is 3.86. The summed E-state index contributed by atoms with van der Waals surface area (Å²) in [4.78, 5) is 0. The van der Waals surface area contributed by atoms with Crippen molar-refractivity contribution < 1.29 is 13.9 Å². The van der Waals surface area contributed by atoms with Gasteiger partial charge >= 0.3 is 0 Å². The highest BCUT2D eigenvalue weighted by molar-refractivity contribution is 6.33.